The second kappa shape index (κ2) is 10.1. The van der Waals surface area contributed by atoms with Gasteiger partial charge in [-0.3, -0.25) is 0 Å². The molecule has 1 fully saturated rings. The summed E-state index contributed by atoms with van der Waals surface area (Å²) in [6.07, 6.45) is 4.84. The highest BCUT2D eigenvalue weighted by Gasteiger charge is 2.23. The van der Waals surface area contributed by atoms with Crippen LogP contribution >= 0.6 is 34.5 Å². The third-order valence-electron chi connectivity index (χ3n) is 6.00. The minimum atomic E-state index is 0.257. The first-order chi connectivity index (χ1) is 15.0. The Kier molecular flexibility index (Phi) is 7.21. The number of hydrogen-bond donors (Lipinski definition) is 2. The standard InChI is InChI=1S/C25H26Cl2N2OS/c1-16(30)18-12-10-17(11-13-18)15-28-25-29-24(19-6-3-2-4-7-19)23(31-25)14-20-21(26)8-5-9-22(20)27/h2-9,17-18,30H,1,10-15H2,(H,28,29). The summed E-state index contributed by atoms with van der Waals surface area (Å²) in [5, 5.41) is 15.5. The topological polar surface area (TPSA) is 45.1 Å². The van der Waals surface area contributed by atoms with Crippen molar-refractivity contribution in [3.05, 3.63) is 81.4 Å². The molecule has 0 unspecified atom stereocenters. The fourth-order valence-electron chi connectivity index (χ4n) is 4.16. The highest BCUT2D eigenvalue weighted by Crippen LogP contribution is 2.37. The number of nitrogens with zero attached hydrogens (tertiary/aromatic N) is 1. The van der Waals surface area contributed by atoms with Crippen molar-refractivity contribution in [2.75, 3.05) is 11.9 Å². The van der Waals surface area contributed by atoms with Crippen LogP contribution in [0.3, 0.4) is 0 Å². The maximum absolute atomic E-state index is 9.64. The molecule has 1 aliphatic rings. The second-order valence-corrected chi connectivity index (χ2v) is 10.0. The van der Waals surface area contributed by atoms with Gasteiger partial charge in [0, 0.05) is 39.4 Å². The lowest BCUT2D eigenvalue weighted by molar-refractivity contribution is 0.242. The minimum Gasteiger partial charge on any atom is -0.513 e. The van der Waals surface area contributed by atoms with E-state index in [1.54, 1.807) is 11.3 Å². The summed E-state index contributed by atoms with van der Waals surface area (Å²) >= 11 is 14.5. The molecule has 0 atom stereocenters. The van der Waals surface area contributed by atoms with Crippen molar-refractivity contribution in [3.8, 4) is 11.3 Å². The summed E-state index contributed by atoms with van der Waals surface area (Å²) in [6.45, 7) is 4.59. The van der Waals surface area contributed by atoms with Crippen molar-refractivity contribution in [1.82, 2.24) is 4.98 Å². The van der Waals surface area contributed by atoms with Gasteiger partial charge in [0.25, 0.3) is 0 Å². The van der Waals surface area contributed by atoms with Gasteiger partial charge in [0.1, 0.15) is 0 Å². The molecule has 4 rings (SSSR count). The number of thiazole rings is 1. The lowest BCUT2D eigenvalue weighted by Gasteiger charge is -2.27. The van der Waals surface area contributed by atoms with E-state index >= 15 is 0 Å². The number of rotatable bonds is 7. The minimum absolute atomic E-state index is 0.257. The fourth-order valence-corrected chi connectivity index (χ4v) is 5.70. The SMILES string of the molecule is C=C(O)C1CCC(CNc2nc(-c3ccccc3)c(Cc3c(Cl)cccc3Cl)s2)CC1. The van der Waals surface area contributed by atoms with Crippen LogP contribution < -0.4 is 5.32 Å². The van der Waals surface area contributed by atoms with Crippen molar-refractivity contribution < 1.29 is 5.11 Å². The Bertz CT molecular complexity index is 1020. The molecule has 0 saturated heterocycles. The van der Waals surface area contributed by atoms with Gasteiger partial charge in [-0.25, -0.2) is 4.98 Å². The van der Waals surface area contributed by atoms with Crippen LogP contribution in [0, 0.1) is 11.8 Å². The van der Waals surface area contributed by atoms with Crippen molar-refractivity contribution in [3.63, 3.8) is 0 Å². The molecule has 1 aromatic heterocycles. The zero-order chi connectivity index (χ0) is 21.8. The quantitative estimate of drug-likeness (QED) is 0.342. The zero-order valence-corrected chi connectivity index (χ0v) is 19.6. The maximum Gasteiger partial charge on any atom is 0.183 e. The van der Waals surface area contributed by atoms with Crippen molar-refractivity contribution in [2.45, 2.75) is 32.1 Å². The average Bonchev–Trinajstić information content (AvgIpc) is 3.18. The Labute approximate surface area is 197 Å². The van der Waals surface area contributed by atoms with Crippen LogP contribution in [0.15, 0.2) is 60.9 Å². The van der Waals surface area contributed by atoms with E-state index in [1.165, 1.54) is 0 Å². The Morgan fingerprint density at radius 3 is 2.35 bits per heavy atom. The first kappa shape index (κ1) is 22.2. The molecule has 0 bridgehead atoms. The first-order valence-corrected chi connectivity index (χ1v) is 12.2. The van der Waals surface area contributed by atoms with Gasteiger partial charge in [-0.15, -0.1) is 11.3 Å². The fraction of sp³-hybridized carbons (Fsp3) is 0.320. The van der Waals surface area contributed by atoms with Gasteiger partial charge < -0.3 is 10.4 Å². The monoisotopic (exact) mass is 472 g/mol. The van der Waals surface area contributed by atoms with Crippen molar-refractivity contribution in [1.29, 1.82) is 0 Å². The summed E-state index contributed by atoms with van der Waals surface area (Å²) in [5.41, 5.74) is 3.00. The molecule has 0 radical (unpaired) electrons. The molecule has 31 heavy (non-hydrogen) atoms. The smallest absolute Gasteiger partial charge is 0.183 e. The number of aromatic nitrogens is 1. The number of nitrogens with one attached hydrogen (secondary N) is 1. The average molecular weight is 473 g/mol. The van der Waals surface area contributed by atoms with Gasteiger partial charge >= 0.3 is 0 Å². The molecule has 0 spiro atoms. The lowest BCUT2D eigenvalue weighted by Crippen LogP contribution is -2.21. The van der Waals surface area contributed by atoms with Crippen LogP contribution in [0.4, 0.5) is 5.13 Å². The van der Waals surface area contributed by atoms with E-state index in [0.717, 1.165) is 59.1 Å². The van der Waals surface area contributed by atoms with Crippen LogP contribution in [-0.4, -0.2) is 16.6 Å². The van der Waals surface area contributed by atoms with E-state index in [9.17, 15) is 5.11 Å². The normalized spacial score (nSPS) is 18.6. The first-order valence-electron chi connectivity index (χ1n) is 10.6. The summed E-state index contributed by atoms with van der Waals surface area (Å²) < 4.78 is 0. The molecular formula is C25H26Cl2N2OS. The van der Waals surface area contributed by atoms with E-state index in [1.807, 2.05) is 36.4 Å². The predicted molar refractivity (Wildman–Crippen MR) is 133 cm³/mol. The highest BCUT2D eigenvalue weighted by molar-refractivity contribution is 7.16. The van der Waals surface area contributed by atoms with Gasteiger partial charge in [0.15, 0.2) is 5.13 Å². The van der Waals surface area contributed by atoms with Crippen LogP contribution in [0.2, 0.25) is 10.0 Å². The number of aliphatic hydroxyl groups excluding tert-OH is 1. The Balaban J connectivity index is 1.52. The van der Waals surface area contributed by atoms with E-state index in [0.29, 0.717) is 28.1 Å². The summed E-state index contributed by atoms with van der Waals surface area (Å²) in [6, 6.07) is 15.9. The van der Waals surface area contributed by atoms with Crippen molar-refractivity contribution >= 4 is 39.7 Å². The molecule has 3 aromatic rings. The highest BCUT2D eigenvalue weighted by atomic mass is 35.5. The largest absolute Gasteiger partial charge is 0.513 e. The van der Waals surface area contributed by atoms with E-state index in [2.05, 4.69) is 24.0 Å². The van der Waals surface area contributed by atoms with E-state index < -0.39 is 0 Å². The molecule has 6 heteroatoms. The number of allylic oxidation sites excluding steroid dienone is 1. The van der Waals surface area contributed by atoms with E-state index in [4.69, 9.17) is 28.2 Å². The number of hydrogen-bond acceptors (Lipinski definition) is 4. The number of halogens is 2. The van der Waals surface area contributed by atoms with Gasteiger partial charge in [-0.05, 0) is 49.3 Å². The third-order valence-corrected chi connectivity index (χ3v) is 7.72. The predicted octanol–water partition coefficient (Wildman–Crippen LogP) is 8.00. The van der Waals surface area contributed by atoms with Crippen LogP contribution in [-0.2, 0) is 6.42 Å². The summed E-state index contributed by atoms with van der Waals surface area (Å²) in [5.74, 6) is 1.18. The zero-order valence-electron chi connectivity index (χ0n) is 17.3. The summed E-state index contributed by atoms with van der Waals surface area (Å²) in [7, 11) is 0. The molecular weight excluding hydrogens is 447 g/mol. The Morgan fingerprint density at radius 2 is 1.71 bits per heavy atom. The number of aliphatic hydroxyl groups is 1. The molecule has 2 aromatic carbocycles. The Hall–Kier alpha value is -2.01. The van der Waals surface area contributed by atoms with Crippen LogP contribution in [0.25, 0.3) is 11.3 Å². The summed E-state index contributed by atoms with van der Waals surface area (Å²) in [4.78, 5) is 6.07. The van der Waals surface area contributed by atoms with Gasteiger partial charge in [-0.2, -0.15) is 0 Å². The van der Waals surface area contributed by atoms with Crippen molar-refractivity contribution in [2.24, 2.45) is 11.8 Å². The van der Waals surface area contributed by atoms with Crippen LogP contribution in [0.5, 0.6) is 0 Å². The van der Waals surface area contributed by atoms with Crippen LogP contribution in [0.1, 0.15) is 36.1 Å². The maximum atomic E-state index is 9.64. The molecule has 1 aliphatic carbocycles. The second-order valence-electron chi connectivity index (χ2n) is 8.12. The molecule has 2 N–H and O–H groups in total. The number of anilines is 1. The lowest BCUT2D eigenvalue weighted by atomic mass is 9.81. The molecule has 0 amide bonds. The molecule has 3 nitrogen and oxygen atoms in total. The Morgan fingerprint density at radius 1 is 1.03 bits per heavy atom. The number of benzene rings is 2. The van der Waals surface area contributed by atoms with E-state index in [-0.39, 0.29) is 5.92 Å². The molecule has 162 valence electrons. The molecule has 1 saturated carbocycles. The van der Waals surface area contributed by atoms with Gasteiger partial charge in [0.2, 0.25) is 0 Å². The third kappa shape index (κ3) is 5.43. The van der Waals surface area contributed by atoms with Gasteiger partial charge in [-0.1, -0.05) is 66.2 Å². The molecule has 0 aliphatic heterocycles. The van der Waals surface area contributed by atoms with Gasteiger partial charge in [0.05, 0.1) is 11.5 Å². The molecule has 1 heterocycles.